The topological polar surface area (TPSA) is 54.5 Å². The van der Waals surface area contributed by atoms with Crippen LogP contribution in [-0.4, -0.2) is 31.6 Å². The molecule has 4 rings (SSSR count). The summed E-state index contributed by atoms with van der Waals surface area (Å²) in [6.07, 6.45) is 6.65. The third kappa shape index (κ3) is 4.46. The van der Waals surface area contributed by atoms with E-state index in [0.717, 1.165) is 25.2 Å². The number of carbonyl (C=O) groups excluding carboxylic acids is 1. The lowest BCUT2D eigenvalue weighted by Crippen LogP contribution is -2.39. The van der Waals surface area contributed by atoms with Crippen LogP contribution in [0.2, 0.25) is 0 Å². The van der Waals surface area contributed by atoms with Crippen LogP contribution in [0, 0.1) is 11.8 Å². The molecule has 5 heteroatoms. The minimum absolute atomic E-state index is 0.0555. The lowest BCUT2D eigenvalue weighted by atomic mass is 9.77. The molecular weight excluding hydrogens is 382 g/mol. The van der Waals surface area contributed by atoms with Crippen LogP contribution in [-0.2, 0) is 22.9 Å². The second-order valence-electron chi connectivity index (χ2n) is 8.54. The van der Waals surface area contributed by atoms with Crippen LogP contribution in [0.3, 0.4) is 0 Å². The van der Waals surface area contributed by atoms with Crippen LogP contribution in [0.25, 0.3) is 0 Å². The van der Waals surface area contributed by atoms with Gasteiger partial charge in [-0.15, -0.1) is 0 Å². The maximum Gasteiger partial charge on any atom is 0.243 e. The molecule has 4 nitrogen and oxygen atoms in total. The van der Waals surface area contributed by atoms with Crippen molar-refractivity contribution in [2.24, 2.45) is 11.8 Å². The normalized spacial score (nSPS) is 20.9. The number of sulfonamides is 1. The van der Waals surface area contributed by atoms with Gasteiger partial charge in [-0.05, 0) is 80.5 Å². The van der Waals surface area contributed by atoms with E-state index in [0.29, 0.717) is 24.6 Å². The first-order chi connectivity index (χ1) is 13.9. The number of benzene rings is 2. The molecule has 0 N–H and O–H groups in total. The van der Waals surface area contributed by atoms with E-state index in [1.165, 1.54) is 37.3 Å². The van der Waals surface area contributed by atoms with E-state index >= 15 is 0 Å². The van der Waals surface area contributed by atoms with Gasteiger partial charge in [0.1, 0.15) is 0 Å². The van der Waals surface area contributed by atoms with E-state index in [1.807, 2.05) is 0 Å². The summed E-state index contributed by atoms with van der Waals surface area (Å²) in [5.74, 6) is 1.27. The zero-order valence-electron chi connectivity index (χ0n) is 17.0. The third-order valence-corrected chi connectivity index (χ3v) is 8.50. The molecule has 0 aromatic heterocycles. The summed E-state index contributed by atoms with van der Waals surface area (Å²) in [6, 6.07) is 15.1. The minimum atomic E-state index is -3.48. The van der Waals surface area contributed by atoms with Gasteiger partial charge in [0.2, 0.25) is 10.0 Å². The van der Waals surface area contributed by atoms with Gasteiger partial charge in [0, 0.05) is 18.7 Å². The van der Waals surface area contributed by atoms with Crippen molar-refractivity contribution in [3.8, 4) is 0 Å². The van der Waals surface area contributed by atoms with Crippen LogP contribution in [0.1, 0.15) is 54.1 Å². The van der Waals surface area contributed by atoms with Gasteiger partial charge in [-0.25, -0.2) is 8.42 Å². The van der Waals surface area contributed by atoms with Crippen molar-refractivity contribution in [3.63, 3.8) is 0 Å². The Morgan fingerprint density at radius 3 is 2.24 bits per heavy atom. The lowest BCUT2D eigenvalue weighted by Gasteiger charge is -2.34. The smallest absolute Gasteiger partial charge is 0.243 e. The molecule has 1 aliphatic carbocycles. The van der Waals surface area contributed by atoms with Crippen LogP contribution in [0.4, 0.5) is 0 Å². The summed E-state index contributed by atoms with van der Waals surface area (Å²) in [7, 11) is -3.48. The number of nitrogens with zero attached hydrogens (tertiary/aromatic N) is 1. The summed E-state index contributed by atoms with van der Waals surface area (Å²) in [6.45, 7) is 2.66. The predicted molar refractivity (Wildman–Crippen MR) is 115 cm³/mol. The average Bonchev–Trinajstić information content (AvgIpc) is 2.74. The van der Waals surface area contributed by atoms with Crippen LogP contribution >= 0.6 is 0 Å². The summed E-state index contributed by atoms with van der Waals surface area (Å²) in [5.41, 5.74) is 3.54. The van der Waals surface area contributed by atoms with Gasteiger partial charge >= 0.3 is 0 Å². The van der Waals surface area contributed by atoms with Gasteiger partial charge in [0.15, 0.2) is 5.78 Å². The number of aryl methyl sites for hydroxylation is 1. The Labute approximate surface area is 174 Å². The predicted octanol–water partition coefficient (Wildman–Crippen LogP) is 4.49. The Bertz CT molecular complexity index is 973. The molecule has 1 unspecified atom stereocenters. The highest BCUT2D eigenvalue weighted by atomic mass is 32.2. The minimum Gasteiger partial charge on any atom is -0.295 e. The van der Waals surface area contributed by atoms with Gasteiger partial charge in [-0.2, -0.15) is 4.31 Å². The average molecular weight is 412 g/mol. The Kier molecular flexibility index (Phi) is 5.88. The Hall–Kier alpha value is -1.98. The van der Waals surface area contributed by atoms with Crippen molar-refractivity contribution in [3.05, 3.63) is 65.2 Å². The van der Waals surface area contributed by atoms with Gasteiger partial charge in [0.25, 0.3) is 0 Å². The molecule has 0 radical (unpaired) electrons. The Morgan fingerprint density at radius 1 is 0.931 bits per heavy atom. The fourth-order valence-electron chi connectivity index (χ4n) is 4.84. The highest BCUT2D eigenvalue weighted by Crippen LogP contribution is 2.34. The van der Waals surface area contributed by atoms with Gasteiger partial charge in [-0.1, -0.05) is 36.4 Å². The highest BCUT2D eigenvalue weighted by molar-refractivity contribution is 7.89. The molecule has 154 valence electrons. The van der Waals surface area contributed by atoms with Crippen molar-refractivity contribution >= 4 is 15.8 Å². The van der Waals surface area contributed by atoms with Gasteiger partial charge < -0.3 is 0 Å². The largest absolute Gasteiger partial charge is 0.295 e. The zero-order chi connectivity index (χ0) is 20.4. The molecule has 0 saturated carbocycles. The monoisotopic (exact) mass is 411 g/mol. The standard InChI is InChI=1S/C24H29NO3S/c1-18(26)21-8-10-24(11-9-21)29(27,28)25-14-12-19(13-15-25)16-20-6-7-22-4-2-3-5-23(22)17-20/h2-5,8-11,19-20H,6-7,12-17H2,1H3. The molecule has 2 aromatic rings. The molecule has 2 aromatic carbocycles. The molecule has 1 aliphatic heterocycles. The Morgan fingerprint density at radius 2 is 1.59 bits per heavy atom. The number of ketones is 1. The summed E-state index contributed by atoms with van der Waals surface area (Å²) >= 11 is 0. The first kappa shape index (κ1) is 20.3. The van der Waals surface area contributed by atoms with Crippen molar-refractivity contribution in [1.29, 1.82) is 0 Å². The molecule has 0 spiro atoms. The molecule has 0 bridgehead atoms. The lowest BCUT2D eigenvalue weighted by molar-refractivity contribution is 0.101. The molecule has 1 saturated heterocycles. The fourth-order valence-corrected chi connectivity index (χ4v) is 6.31. The zero-order valence-corrected chi connectivity index (χ0v) is 17.8. The van der Waals surface area contributed by atoms with Crippen LogP contribution in [0.5, 0.6) is 0 Å². The summed E-state index contributed by atoms with van der Waals surface area (Å²) in [5, 5.41) is 0. The van der Waals surface area contributed by atoms with E-state index < -0.39 is 10.0 Å². The van der Waals surface area contributed by atoms with Gasteiger partial charge in [-0.3, -0.25) is 4.79 Å². The molecule has 2 aliphatic rings. The third-order valence-electron chi connectivity index (χ3n) is 6.59. The Balaban J connectivity index is 1.34. The second-order valence-corrected chi connectivity index (χ2v) is 10.5. The maximum atomic E-state index is 12.9. The maximum absolute atomic E-state index is 12.9. The SMILES string of the molecule is CC(=O)c1ccc(S(=O)(=O)N2CCC(CC3CCc4ccccc4C3)CC2)cc1. The van der Waals surface area contributed by atoms with Crippen molar-refractivity contribution in [2.75, 3.05) is 13.1 Å². The number of rotatable bonds is 5. The molecule has 29 heavy (non-hydrogen) atoms. The number of hydrogen-bond acceptors (Lipinski definition) is 3. The van der Waals surface area contributed by atoms with Gasteiger partial charge in [0.05, 0.1) is 4.90 Å². The molecule has 0 amide bonds. The van der Waals surface area contributed by atoms with E-state index in [2.05, 4.69) is 24.3 Å². The van der Waals surface area contributed by atoms with Crippen molar-refractivity contribution < 1.29 is 13.2 Å². The number of carbonyl (C=O) groups is 1. The molecular formula is C24H29NO3S. The first-order valence-corrected chi connectivity index (χ1v) is 12.1. The molecule has 1 fully saturated rings. The summed E-state index contributed by atoms with van der Waals surface area (Å²) < 4.78 is 27.5. The number of hydrogen-bond donors (Lipinski definition) is 0. The van der Waals surface area contributed by atoms with Crippen LogP contribution in [0.15, 0.2) is 53.4 Å². The quantitative estimate of drug-likeness (QED) is 0.682. The van der Waals surface area contributed by atoms with E-state index in [9.17, 15) is 13.2 Å². The summed E-state index contributed by atoms with van der Waals surface area (Å²) in [4.78, 5) is 11.7. The number of piperidine rings is 1. The van der Waals surface area contributed by atoms with E-state index in [4.69, 9.17) is 0 Å². The van der Waals surface area contributed by atoms with Crippen LogP contribution < -0.4 is 0 Å². The second kappa shape index (κ2) is 8.41. The van der Waals surface area contributed by atoms with Crippen molar-refractivity contribution in [1.82, 2.24) is 4.31 Å². The van der Waals surface area contributed by atoms with E-state index in [-0.39, 0.29) is 10.7 Å². The molecule has 1 heterocycles. The number of Topliss-reactive ketones (excluding diaryl/α,β-unsaturated/α-hetero) is 1. The molecule has 1 atom stereocenters. The number of fused-ring (bicyclic) bond motifs is 1. The highest BCUT2D eigenvalue weighted by Gasteiger charge is 2.31. The first-order valence-electron chi connectivity index (χ1n) is 10.6. The van der Waals surface area contributed by atoms with E-state index in [1.54, 1.807) is 28.6 Å². The van der Waals surface area contributed by atoms with Crippen molar-refractivity contribution in [2.45, 2.75) is 50.3 Å². The fraction of sp³-hybridized carbons (Fsp3) is 0.458.